The van der Waals surface area contributed by atoms with Gasteiger partial charge in [0.25, 0.3) is 11.6 Å². The number of nitrogens with zero attached hydrogens (tertiary/aromatic N) is 2. The van der Waals surface area contributed by atoms with Gasteiger partial charge in [0, 0.05) is 31.8 Å². The molecular weight excluding hydrogens is 269 g/mol. The van der Waals surface area contributed by atoms with Gasteiger partial charge in [-0.3, -0.25) is 14.9 Å². The number of halogens is 1. The maximum absolute atomic E-state index is 13.7. The fourth-order valence-electron chi connectivity index (χ4n) is 2.01. The van der Waals surface area contributed by atoms with Crippen molar-refractivity contribution in [3.63, 3.8) is 0 Å². The molecule has 8 heteroatoms. The Hall–Kier alpha value is -2.06. The van der Waals surface area contributed by atoms with Crippen LogP contribution in [0.5, 0.6) is 0 Å². The Kier molecular flexibility index (Phi) is 4.26. The van der Waals surface area contributed by atoms with Crippen LogP contribution in [0.2, 0.25) is 0 Å². The quantitative estimate of drug-likeness (QED) is 0.644. The van der Waals surface area contributed by atoms with Crippen LogP contribution in [0.3, 0.4) is 0 Å². The first kappa shape index (κ1) is 14.4. The summed E-state index contributed by atoms with van der Waals surface area (Å²) in [5, 5.41) is 10.7. The second-order valence-corrected chi connectivity index (χ2v) is 4.40. The van der Waals surface area contributed by atoms with Crippen molar-refractivity contribution in [1.82, 2.24) is 4.90 Å². The molecule has 0 saturated carbocycles. The summed E-state index contributed by atoms with van der Waals surface area (Å²) in [4.78, 5) is 23.6. The lowest BCUT2D eigenvalue weighted by atomic mass is 10.1. The number of rotatable bonds is 3. The third kappa shape index (κ3) is 2.91. The Balaban J connectivity index is 2.24. The molecule has 0 aromatic heterocycles. The van der Waals surface area contributed by atoms with E-state index in [1.165, 1.54) is 4.90 Å². The predicted octanol–water partition coefficient (Wildman–Crippen LogP) is 0.534. The van der Waals surface area contributed by atoms with Gasteiger partial charge in [-0.15, -0.1) is 0 Å². The third-order valence-corrected chi connectivity index (χ3v) is 3.08. The molecule has 2 rings (SSSR count). The zero-order valence-corrected chi connectivity index (χ0v) is 10.6. The Bertz CT molecular complexity index is 537. The van der Waals surface area contributed by atoms with Crippen LogP contribution in [-0.2, 0) is 4.74 Å². The first-order valence-corrected chi connectivity index (χ1v) is 6.08. The highest BCUT2D eigenvalue weighted by molar-refractivity contribution is 5.95. The minimum atomic E-state index is -0.781. The van der Waals surface area contributed by atoms with Gasteiger partial charge in [-0.25, -0.2) is 4.39 Å². The molecule has 0 aliphatic carbocycles. The van der Waals surface area contributed by atoms with Crippen LogP contribution < -0.4 is 5.73 Å². The average Bonchev–Trinajstić information content (AvgIpc) is 2.46. The average molecular weight is 283 g/mol. The molecule has 1 aromatic rings. The van der Waals surface area contributed by atoms with E-state index in [-0.39, 0.29) is 30.4 Å². The number of ether oxygens (including phenoxy) is 1. The van der Waals surface area contributed by atoms with E-state index in [1.54, 1.807) is 0 Å². The van der Waals surface area contributed by atoms with Crippen molar-refractivity contribution in [2.75, 3.05) is 26.2 Å². The third-order valence-electron chi connectivity index (χ3n) is 3.08. The monoisotopic (exact) mass is 283 g/mol. The van der Waals surface area contributed by atoms with Gasteiger partial charge in [0.1, 0.15) is 5.82 Å². The van der Waals surface area contributed by atoms with Crippen molar-refractivity contribution in [2.24, 2.45) is 5.73 Å². The molecule has 1 heterocycles. The molecule has 2 N–H and O–H groups in total. The number of carbonyl (C=O) groups is 1. The number of carbonyl (C=O) groups excluding carboxylic acids is 1. The van der Waals surface area contributed by atoms with E-state index >= 15 is 0 Å². The molecule has 0 bridgehead atoms. The fourth-order valence-corrected chi connectivity index (χ4v) is 2.01. The van der Waals surface area contributed by atoms with Gasteiger partial charge >= 0.3 is 0 Å². The van der Waals surface area contributed by atoms with Gasteiger partial charge in [-0.1, -0.05) is 0 Å². The summed E-state index contributed by atoms with van der Waals surface area (Å²) in [6, 6.07) is 2.89. The minimum Gasteiger partial charge on any atom is -0.373 e. The second kappa shape index (κ2) is 5.93. The minimum absolute atomic E-state index is 0.247. The van der Waals surface area contributed by atoms with E-state index in [1.807, 2.05) is 0 Å². The van der Waals surface area contributed by atoms with Gasteiger partial charge < -0.3 is 15.4 Å². The van der Waals surface area contributed by atoms with Crippen molar-refractivity contribution < 1.29 is 18.8 Å². The van der Waals surface area contributed by atoms with E-state index in [9.17, 15) is 19.3 Å². The van der Waals surface area contributed by atoms with Crippen LogP contribution in [0.4, 0.5) is 10.1 Å². The van der Waals surface area contributed by atoms with Gasteiger partial charge in [0.2, 0.25) is 0 Å². The van der Waals surface area contributed by atoms with Crippen LogP contribution in [0.15, 0.2) is 18.2 Å². The van der Waals surface area contributed by atoms with Gasteiger partial charge in [-0.05, 0) is 6.07 Å². The van der Waals surface area contributed by atoms with E-state index in [0.717, 1.165) is 18.2 Å². The number of nitro benzene ring substituents is 1. The lowest BCUT2D eigenvalue weighted by Gasteiger charge is -2.32. The number of morpholine rings is 1. The number of nitrogens with two attached hydrogens (primary N) is 1. The standard InChI is InChI=1S/C12H14FN3O4/c13-11-2-1-8(16(18)19)5-10(11)12(17)15-3-4-20-9(6-14)7-15/h1-2,5,9H,3-4,6-7,14H2. The van der Waals surface area contributed by atoms with Crippen LogP contribution >= 0.6 is 0 Å². The van der Waals surface area contributed by atoms with Crippen LogP contribution in [0, 0.1) is 15.9 Å². The number of nitro groups is 1. The summed E-state index contributed by atoms with van der Waals surface area (Å²) >= 11 is 0. The van der Waals surface area contributed by atoms with E-state index < -0.39 is 16.6 Å². The fraction of sp³-hybridized carbons (Fsp3) is 0.417. The van der Waals surface area contributed by atoms with Crippen molar-refractivity contribution in [3.05, 3.63) is 39.7 Å². The SMILES string of the molecule is NCC1CN(C(=O)c2cc([N+](=O)[O-])ccc2F)CCO1. The number of non-ortho nitro benzene ring substituents is 1. The molecule has 7 nitrogen and oxygen atoms in total. The summed E-state index contributed by atoms with van der Waals surface area (Å²) < 4.78 is 19.0. The molecule has 20 heavy (non-hydrogen) atoms. The summed E-state index contributed by atoms with van der Waals surface area (Å²) in [5.41, 5.74) is 4.84. The van der Waals surface area contributed by atoms with E-state index in [0.29, 0.717) is 13.2 Å². The Morgan fingerprint density at radius 1 is 1.60 bits per heavy atom. The van der Waals surface area contributed by atoms with Gasteiger partial charge in [0.15, 0.2) is 0 Å². The van der Waals surface area contributed by atoms with Crippen molar-refractivity contribution >= 4 is 11.6 Å². The summed E-state index contributed by atoms with van der Waals surface area (Å²) in [5.74, 6) is -1.37. The molecule has 108 valence electrons. The van der Waals surface area contributed by atoms with Crippen molar-refractivity contribution in [3.8, 4) is 0 Å². The molecule has 1 fully saturated rings. The van der Waals surface area contributed by atoms with E-state index in [4.69, 9.17) is 10.5 Å². The Labute approximate surface area is 114 Å². The maximum Gasteiger partial charge on any atom is 0.270 e. The highest BCUT2D eigenvalue weighted by atomic mass is 19.1. The molecular formula is C12H14FN3O4. The molecule has 1 aromatic carbocycles. The molecule has 0 radical (unpaired) electrons. The number of hydrogen-bond donors (Lipinski definition) is 1. The topological polar surface area (TPSA) is 98.7 Å². The zero-order chi connectivity index (χ0) is 14.7. The highest BCUT2D eigenvalue weighted by Gasteiger charge is 2.27. The Morgan fingerprint density at radius 3 is 3.00 bits per heavy atom. The first-order valence-electron chi connectivity index (χ1n) is 6.08. The Morgan fingerprint density at radius 2 is 2.35 bits per heavy atom. The molecule has 1 aliphatic heterocycles. The van der Waals surface area contributed by atoms with Crippen molar-refractivity contribution in [2.45, 2.75) is 6.10 Å². The van der Waals surface area contributed by atoms with Crippen molar-refractivity contribution in [1.29, 1.82) is 0 Å². The summed E-state index contributed by atoms with van der Waals surface area (Å²) in [6.07, 6.45) is -0.297. The summed E-state index contributed by atoms with van der Waals surface area (Å²) in [7, 11) is 0. The molecule has 1 amide bonds. The lowest BCUT2D eigenvalue weighted by Crippen LogP contribution is -2.48. The number of amides is 1. The lowest BCUT2D eigenvalue weighted by molar-refractivity contribution is -0.384. The normalized spacial score (nSPS) is 18.9. The molecule has 1 atom stereocenters. The second-order valence-electron chi connectivity index (χ2n) is 4.40. The van der Waals surface area contributed by atoms with E-state index in [2.05, 4.69) is 0 Å². The van der Waals surface area contributed by atoms with Gasteiger partial charge in [0.05, 0.1) is 23.2 Å². The maximum atomic E-state index is 13.7. The summed E-state index contributed by atoms with van der Waals surface area (Å²) in [6.45, 7) is 1.11. The largest absolute Gasteiger partial charge is 0.373 e. The van der Waals surface area contributed by atoms with Crippen LogP contribution in [0.1, 0.15) is 10.4 Å². The predicted molar refractivity (Wildman–Crippen MR) is 67.8 cm³/mol. The smallest absolute Gasteiger partial charge is 0.270 e. The van der Waals surface area contributed by atoms with Crippen LogP contribution in [0.25, 0.3) is 0 Å². The molecule has 1 saturated heterocycles. The molecule has 1 aliphatic rings. The number of benzene rings is 1. The zero-order valence-electron chi connectivity index (χ0n) is 10.6. The van der Waals surface area contributed by atoms with Crippen LogP contribution in [-0.4, -0.2) is 48.1 Å². The first-order chi connectivity index (χ1) is 9.52. The van der Waals surface area contributed by atoms with Gasteiger partial charge in [-0.2, -0.15) is 0 Å². The molecule has 0 spiro atoms. The molecule has 1 unspecified atom stereocenters. The number of hydrogen-bond acceptors (Lipinski definition) is 5. The highest BCUT2D eigenvalue weighted by Crippen LogP contribution is 2.19.